The quantitative estimate of drug-likeness (QED) is 0.749. The molecule has 0 heterocycles. The summed E-state index contributed by atoms with van der Waals surface area (Å²) in [4.78, 5) is 2.50. The SMILES string of the molecule is CCCN(CCCl)c1ccc(S(C)(=O)=O)cc1. The predicted molar refractivity (Wildman–Crippen MR) is 72.8 cm³/mol. The Kier molecular flexibility index (Phi) is 5.28. The lowest BCUT2D eigenvalue weighted by atomic mass is 10.2. The van der Waals surface area contributed by atoms with Crippen molar-refractivity contribution in [3.8, 4) is 0 Å². The summed E-state index contributed by atoms with van der Waals surface area (Å²) < 4.78 is 22.7. The fraction of sp³-hybridized carbons (Fsp3) is 0.500. The van der Waals surface area contributed by atoms with Crippen LogP contribution in [-0.2, 0) is 9.84 Å². The Bertz CT molecular complexity index is 436. The molecule has 3 nitrogen and oxygen atoms in total. The summed E-state index contributed by atoms with van der Waals surface area (Å²) in [6.45, 7) is 3.80. The van der Waals surface area contributed by atoms with Crippen LogP contribution < -0.4 is 4.90 Å². The molecule has 17 heavy (non-hydrogen) atoms. The fourth-order valence-corrected chi connectivity index (χ4v) is 2.48. The summed E-state index contributed by atoms with van der Waals surface area (Å²) in [5, 5.41) is 0. The molecule has 5 heteroatoms. The Morgan fingerprint density at radius 2 is 1.76 bits per heavy atom. The zero-order valence-corrected chi connectivity index (χ0v) is 11.8. The van der Waals surface area contributed by atoms with Crippen molar-refractivity contribution < 1.29 is 8.42 Å². The van der Waals surface area contributed by atoms with Crippen molar-refractivity contribution in [1.82, 2.24) is 0 Å². The number of halogens is 1. The van der Waals surface area contributed by atoms with Crippen molar-refractivity contribution in [2.45, 2.75) is 18.2 Å². The molecule has 0 aliphatic carbocycles. The largest absolute Gasteiger partial charge is 0.370 e. The predicted octanol–water partition coefficient (Wildman–Crippen LogP) is 2.55. The Hall–Kier alpha value is -0.740. The zero-order valence-electron chi connectivity index (χ0n) is 10.2. The molecule has 96 valence electrons. The molecular formula is C12H18ClNO2S. The third-order valence-corrected chi connectivity index (χ3v) is 3.78. The molecule has 0 aromatic heterocycles. The van der Waals surface area contributed by atoms with E-state index in [2.05, 4.69) is 11.8 Å². The lowest BCUT2D eigenvalue weighted by Gasteiger charge is -2.23. The first-order chi connectivity index (χ1) is 7.99. The monoisotopic (exact) mass is 275 g/mol. The molecule has 0 bridgehead atoms. The van der Waals surface area contributed by atoms with Gasteiger partial charge in [-0.2, -0.15) is 0 Å². The smallest absolute Gasteiger partial charge is 0.175 e. The van der Waals surface area contributed by atoms with Gasteiger partial charge in [0.1, 0.15) is 0 Å². The molecular weight excluding hydrogens is 258 g/mol. The number of alkyl halides is 1. The Balaban J connectivity index is 2.91. The zero-order chi connectivity index (χ0) is 12.9. The van der Waals surface area contributed by atoms with E-state index in [1.807, 2.05) is 12.1 Å². The van der Waals surface area contributed by atoms with Crippen molar-refractivity contribution >= 4 is 27.1 Å². The molecule has 0 N–H and O–H groups in total. The molecule has 0 fully saturated rings. The molecule has 0 unspecified atom stereocenters. The maximum Gasteiger partial charge on any atom is 0.175 e. The first-order valence-electron chi connectivity index (χ1n) is 5.60. The van der Waals surface area contributed by atoms with Crippen molar-refractivity contribution in [2.75, 3.05) is 30.1 Å². The van der Waals surface area contributed by atoms with Gasteiger partial charge in [0.15, 0.2) is 9.84 Å². The minimum Gasteiger partial charge on any atom is -0.370 e. The van der Waals surface area contributed by atoms with Crippen LogP contribution in [-0.4, -0.2) is 33.6 Å². The van der Waals surface area contributed by atoms with Gasteiger partial charge in [-0.15, -0.1) is 11.6 Å². The number of hydrogen-bond acceptors (Lipinski definition) is 3. The van der Waals surface area contributed by atoms with Gasteiger partial charge in [0, 0.05) is 30.9 Å². The van der Waals surface area contributed by atoms with Crippen molar-refractivity contribution in [3.05, 3.63) is 24.3 Å². The normalized spacial score (nSPS) is 11.5. The maximum atomic E-state index is 11.3. The van der Waals surface area contributed by atoms with Crippen LogP contribution in [0.25, 0.3) is 0 Å². The van der Waals surface area contributed by atoms with Crippen molar-refractivity contribution in [3.63, 3.8) is 0 Å². The van der Waals surface area contributed by atoms with Crippen LogP contribution in [0.3, 0.4) is 0 Å². The van der Waals surface area contributed by atoms with Gasteiger partial charge in [-0.3, -0.25) is 0 Å². The van der Waals surface area contributed by atoms with Crippen LogP contribution in [0.2, 0.25) is 0 Å². The van der Waals surface area contributed by atoms with E-state index in [0.29, 0.717) is 10.8 Å². The van der Waals surface area contributed by atoms with Crippen LogP contribution in [0.1, 0.15) is 13.3 Å². The summed E-state index contributed by atoms with van der Waals surface area (Å²) in [5.41, 5.74) is 1.01. The van der Waals surface area contributed by atoms with Gasteiger partial charge in [-0.1, -0.05) is 6.92 Å². The Labute approximate surface area is 108 Å². The molecule has 0 saturated carbocycles. The summed E-state index contributed by atoms with van der Waals surface area (Å²) in [6.07, 6.45) is 2.25. The van der Waals surface area contributed by atoms with Gasteiger partial charge in [-0.25, -0.2) is 8.42 Å². The van der Waals surface area contributed by atoms with Gasteiger partial charge in [-0.05, 0) is 30.7 Å². The van der Waals surface area contributed by atoms with Gasteiger partial charge in [0.05, 0.1) is 4.90 Å². The van der Waals surface area contributed by atoms with Crippen molar-refractivity contribution in [1.29, 1.82) is 0 Å². The lowest BCUT2D eigenvalue weighted by Crippen LogP contribution is -2.26. The molecule has 1 aromatic rings. The standard InChI is InChI=1S/C12H18ClNO2S/c1-3-9-14(10-8-13)11-4-6-12(7-5-11)17(2,15)16/h4-7H,3,8-10H2,1-2H3. The molecule has 1 aromatic carbocycles. The molecule has 0 atom stereocenters. The highest BCUT2D eigenvalue weighted by atomic mass is 35.5. The van der Waals surface area contributed by atoms with E-state index in [0.717, 1.165) is 25.2 Å². The van der Waals surface area contributed by atoms with Crippen LogP contribution in [0, 0.1) is 0 Å². The van der Waals surface area contributed by atoms with E-state index < -0.39 is 9.84 Å². The third kappa shape index (κ3) is 4.21. The topological polar surface area (TPSA) is 37.4 Å². The van der Waals surface area contributed by atoms with E-state index in [9.17, 15) is 8.42 Å². The second-order valence-electron chi connectivity index (χ2n) is 3.94. The van der Waals surface area contributed by atoms with Crippen LogP contribution in [0.5, 0.6) is 0 Å². The molecule has 0 amide bonds. The van der Waals surface area contributed by atoms with Crippen molar-refractivity contribution in [2.24, 2.45) is 0 Å². The Morgan fingerprint density at radius 3 is 2.18 bits per heavy atom. The lowest BCUT2D eigenvalue weighted by molar-refractivity contribution is 0.602. The maximum absolute atomic E-state index is 11.3. The Morgan fingerprint density at radius 1 is 1.18 bits per heavy atom. The molecule has 0 saturated heterocycles. The molecule has 0 radical (unpaired) electrons. The summed E-state index contributed by atoms with van der Waals surface area (Å²) in [5.74, 6) is 0.563. The van der Waals surface area contributed by atoms with Crippen LogP contribution >= 0.6 is 11.6 Å². The summed E-state index contributed by atoms with van der Waals surface area (Å²) in [7, 11) is -3.11. The minimum atomic E-state index is -3.11. The highest BCUT2D eigenvalue weighted by molar-refractivity contribution is 7.90. The average Bonchev–Trinajstić information content (AvgIpc) is 2.28. The highest BCUT2D eigenvalue weighted by Crippen LogP contribution is 2.18. The number of rotatable bonds is 6. The van der Waals surface area contributed by atoms with Crippen LogP contribution in [0.15, 0.2) is 29.2 Å². The van der Waals surface area contributed by atoms with Crippen LogP contribution in [0.4, 0.5) is 5.69 Å². The van der Waals surface area contributed by atoms with E-state index in [4.69, 9.17) is 11.6 Å². The second-order valence-corrected chi connectivity index (χ2v) is 6.34. The number of benzene rings is 1. The molecule has 0 aliphatic rings. The van der Waals surface area contributed by atoms with E-state index in [-0.39, 0.29) is 0 Å². The highest BCUT2D eigenvalue weighted by Gasteiger charge is 2.09. The minimum absolute atomic E-state index is 0.351. The number of nitrogens with zero attached hydrogens (tertiary/aromatic N) is 1. The summed E-state index contributed by atoms with van der Waals surface area (Å²) >= 11 is 5.75. The third-order valence-electron chi connectivity index (χ3n) is 2.48. The fourth-order valence-electron chi connectivity index (χ4n) is 1.65. The first-order valence-corrected chi connectivity index (χ1v) is 8.02. The summed E-state index contributed by atoms with van der Waals surface area (Å²) in [6, 6.07) is 6.94. The second kappa shape index (κ2) is 6.26. The molecule has 0 spiro atoms. The number of hydrogen-bond donors (Lipinski definition) is 0. The van der Waals surface area contributed by atoms with E-state index >= 15 is 0 Å². The average molecular weight is 276 g/mol. The number of sulfone groups is 1. The van der Waals surface area contributed by atoms with Gasteiger partial charge in [0.25, 0.3) is 0 Å². The molecule has 1 rings (SSSR count). The van der Waals surface area contributed by atoms with Gasteiger partial charge >= 0.3 is 0 Å². The van der Waals surface area contributed by atoms with Gasteiger partial charge < -0.3 is 4.90 Å². The number of anilines is 1. The molecule has 0 aliphatic heterocycles. The van der Waals surface area contributed by atoms with Gasteiger partial charge in [0.2, 0.25) is 0 Å². The van der Waals surface area contributed by atoms with E-state index in [1.54, 1.807) is 12.1 Å². The van der Waals surface area contributed by atoms with E-state index in [1.165, 1.54) is 6.26 Å². The first kappa shape index (κ1) is 14.3.